The van der Waals surface area contributed by atoms with E-state index in [1.54, 1.807) is 0 Å². The van der Waals surface area contributed by atoms with Crippen molar-refractivity contribution in [3.05, 3.63) is 70.8 Å². The molecule has 5 heteroatoms. The van der Waals surface area contributed by atoms with E-state index in [1.807, 2.05) is 18.2 Å². The largest absolute Gasteiger partial charge is 0.349 e. The van der Waals surface area contributed by atoms with Crippen LogP contribution in [-0.4, -0.2) is 54.3 Å². The summed E-state index contributed by atoms with van der Waals surface area (Å²) in [5.74, 6) is 1.70. The van der Waals surface area contributed by atoms with Gasteiger partial charge in [0, 0.05) is 44.2 Å². The van der Waals surface area contributed by atoms with Gasteiger partial charge in [-0.25, -0.2) is 0 Å². The van der Waals surface area contributed by atoms with Crippen LogP contribution in [0.25, 0.3) is 0 Å². The molecule has 3 fully saturated rings. The molecule has 1 saturated carbocycles. The quantitative estimate of drug-likeness (QED) is 0.632. The van der Waals surface area contributed by atoms with Gasteiger partial charge in [0.25, 0.3) is 5.91 Å². The molecule has 0 spiro atoms. The molecule has 2 saturated heterocycles. The van der Waals surface area contributed by atoms with Gasteiger partial charge < -0.3 is 15.1 Å². The number of fused-ring (bicyclic) bond motifs is 1. The summed E-state index contributed by atoms with van der Waals surface area (Å²) >= 11 is 0. The summed E-state index contributed by atoms with van der Waals surface area (Å²) in [5.41, 5.74) is 4.33. The fourth-order valence-electron chi connectivity index (χ4n) is 6.39. The molecule has 2 aromatic rings. The topological polar surface area (TPSA) is 52.7 Å². The van der Waals surface area contributed by atoms with E-state index in [-0.39, 0.29) is 23.8 Å². The number of hydrogen-bond acceptors (Lipinski definition) is 3. The van der Waals surface area contributed by atoms with Crippen LogP contribution in [0.3, 0.4) is 0 Å². The average molecular weight is 474 g/mol. The number of rotatable bonds is 7. The van der Waals surface area contributed by atoms with Gasteiger partial charge in [0.1, 0.15) is 0 Å². The minimum absolute atomic E-state index is 0.0621. The lowest BCUT2D eigenvalue weighted by atomic mass is 10.0. The summed E-state index contributed by atoms with van der Waals surface area (Å²) in [6.45, 7) is 8.89. The maximum absolute atomic E-state index is 13.2. The van der Waals surface area contributed by atoms with Crippen molar-refractivity contribution < 1.29 is 9.59 Å². The van der Waals surface area contributed by atoms with Crippen molar-refractivity contribution in [3.63, 3.8) is 0 Å². The predicted molar refractivity (Wildman–Crippen MR) is 139 cm³/mol. The lowest BCUT2D eigenvalue weighted by Gasteiger charge is -2.26. The molecule has 2 heterocycles. The number of carbonyl (C=O) groups is 2. The molecule has 0 radical (unpaired) electrons. The molecular weight excluding hydrogens is 434 g/mol. The Balaban J connectivity index is 1.16. The van der Waals surface area contributed by atoms with Crippen molar-refractivity contribution in [2.75, 3.05) is 32.7 Å². The first-order chi connectivity index (χ1) is 17.0. The number of nitrogens with one attached hydrogen (secondary N) is 1. The van der Waals surface area contributed by atoms with Crippen LogP contribution >= 0.6 is 0 Å². The van der Waals surface area contributed by atoms with Crippen LogP contribution in [0.4, 0.5) is 0 Å². The van der Waals surface area contributed by atoms with E-state index >= 15 is 0 Å². The molecule has 2 aromatic carbocycles. The molecule has 2 unspecified atom stereocenters. The maximum Gasteiger partial charge on any atom is 0.254 e. The molecule has 186 valence electrons. The Hall–Kier alpha value is -2.66. The van der Waals surface area contributed by atoms with Crippen LogP contribution in [-0.2, 0) is 4.79 Å². The molecule has 1 N–H and O–H groups in total. The minimum atomic E-state index is 0.0621. The van der Waals surface area contributed by atoms with Gasteiger partial charge in [0.2, 0.25) is 5.91 Å². The summed E-state index contributed by atoms with van der Waals surface area (Å²) in [5, 5.41) is 3.38. The van der Waals surface area contributed by atoms with Crippen LogP contribution < -0.4 is 5.32 Å². The number of likely N-dealkylation sites (tertiary alicyclic amines) is 2. The Morgan fingerprint density at radius 3 is 2.29 bits per heavy atom. The van der Waals surface area contributed by atoms with E-state index in [4.69, 9.17) is 0 Å². The van der Waals surface area contributed by atoms with E-state index in [2.05, 4.69) is 59.3 Å². The van der Waals surface area contributed by atoms with Crippen LogP contribution in [0.1, 0.15) is 65.2 Å². The summed E-state index contributed by atoms with van der Waals surface area (Å²) in [7, 11) is 0. The molecule has 1 aliphatic carbocycles. The van der Waals surface area contributed by atoms with Crippen LogP contribution in [0.15, 0.2) is 48.5 Å². The zero-order valence-electron chi connectivity index (χ0n) is 21.2. The number of nitrogens with zero attached hydrogens (tertiary/aromatic N) is 2. The highest BCUT2D eigenvalue weighted by molar-refractivity contribution is 5.96. The van der Waals surface area contributed by atoms with Crippen molar-refractivity contribution in [2.24, 2.45) is 17.8 Å². The van der Waals surface area contributed by atoms with Crippen LogP contribution in [0.2, 0.25) is 0 Å². The second kappa shape index (κ2) is 10.5. The highest BCUT2D eigenvalue weighted by atomic mass is 16.2. The van der Waals surface area contributed by atoms with Crippen LogP contribution in [0.5, 0.6) is 0 Å². The number of carbonyl (C=O) groups excluding carboxylic acids is 2. The molecule has 3 atom stereocenters. The molecule has 2 amide bonds. The smallest absolute Gasteiger partial charge is 0.254 e. The van der Waals surface area contributed by atoms with Gasteiger partial charge in [-0.15, -0.1) is 0 Å². The summed E-state index contributed by atoms with van der Waals surface area (Å²) < 4.78 is 0. The summed E-state index contributed by atoms with van der Waals surface area (Å²) in [4.78, 5) is 30.7. The third-order valence-electron chi connectivity index (χ3n) is 8.66. The SMILES string of the molecule is Cc1cccc(C(=O)N2CC3CN(CC[C@H](NC(=O)C4CCCC4)c4ccccc4)CC3C2)c1C. The summed E-state index contributed by atoms with van der Waals surface area (Å²) in [6.07, 6.45) is 5.33. The van der Waals surface area contributed by atoms with Gasteiger partial charge in [-0.05, 0) is 67.7 Å². The zero-order chi connectivity index (χ0) is 24.4. The molecule has 5 nitrogen and oxygen atoms in total. The lowest BCUT2D eigenvalue weighted by molar-refractivity contribution is -0.125. The first kappa shape index (κ1) is 24.1. The van der Waals surface area contributed by atoms with Gasteiger partial charge in [-0.3, -0.25) is 9.59 Å². The van der Waals surface area contributed by atoms with E-state index in [0.29, 0.717) is 11.8 Å². The van der Waals surface area contributed by atoms with Gasteiger partial charge in [0.05, 0.1) is 6.04 Å². The van der Waals surface area contributed by atoms with Crippen molar-refractivity contribution in [1.29, 1.82) is 0 Å². The highest BCUT2D eigenvalue weighted by Crippen LogP contribution is 2.33. The van der Waals surface area contributed by atoms with Crippen molar-refractivity contribution in [1.82, 2.24) is 15.1 Å². The zero-order valence-corrected chi connectivity index (χ0v) is 21.2. The monoisotopic (exact) mass is 473 g/mol. The first-order valence-corrected chi connectivity index (χ1v) is 13.4. The predicted octanol–water partition coefficient (Wildman–Crippen LogP) is 4.75. The molecule has 0 bridgehead atoms. The van der Waals surface area contributed by atoms with E-state index in [9.17, 15) is 9.59 Å². The molecule has 2 aliphatic heterocycles. The average Bonchev–Trinajstić information content (AvgIpc) is 3.60. The van der Waals surface area contributed by atoms with Crippen LogP contribution in [0, 0.1) is 31.6 Å². The Morgan fingerprint density at radius 1 is 0.914 bits per heavy atom. The molecule has 0 aromatic heterocycles. The van der Waals surface area contributed by atoms with Crippen molar-refractivity contribution in [2.45, 2.75) is 52.0 Å². The molecule has 35 heavy (non-hydrogen) atoms. The third-order valence-corrected chi connectivity index (χ3v) is 8.66. The maximum atomic E-state index is 13.2. The Bertz CT molecular complexity index is 1030. The molecular formula is C30H39N3O2. The van der Waals surface area contributed by atoms with Gasteiger partial charge in [-0.1, -0.05) is 55.3 Å². The lowest BCUT2D eigenvalue weighted by Crippen LogP contribution is -2.36. The van der Waals surface area contributed by atoms with Crippen molar-refractivity contribution in [3.8, 4) is 0 Å². The Kier molecular flexibility index (Phi) is 7.24. The first-order valence-electron chi connectivity index (χ1n) is 13.4. The van der Waals surface area contributed by atoms with Gasteiger partial charge in [0.15, 0.2) is 0 Å². The Labute approximate surface area is 209 Å². The number of hydrogen-bond donors (Lipinski definition) is 1. The molecule has 5 rings (SSSR count). The second-order valence-electron chi connectivity index (χ2n) is 11.0. The fourth-order valence-corrected chi connectivity index (χ4v) is 6.39. The summed E-state index contributed by atoms with van der Waals surface area (Å²) in [6, 6.07) is 16.5. The van der Waals surface area contributed by atoms with E-state index in [1.165, 1.54) is 24.0 Å². The number of aryl methyl sites for hydroxylation is 1. The third kappa shape index (κ3) is 5.30. The number of amides is 2. The van der Waals surface area contributed by atoms with E-state index in [0.717, 1.165) is 63.1 Å². The Morgan fingerprint density at radius 2 is 1.60 bits per heavy atom. The second-order valence-corrected chi connectivity index (χ2v) is 11.0. The minimum Gasteiger partial charge on any atom is -0.349 e. The van der Waals surface area contributed by atoms with E-state index < -0.39 is 0 Å². The number of benzene rings is 2. The van der Waals surface area contributed by atoms with Crippen molar-refractivity contribution >= 4 is 11.8 Å². The standard InChI is InChI=1S/C30H39N3O2/c1-21-9-8-14-27(22(21)2)30(35)33-19-25-17-32(18-26(25)20-33)16-15-28(23-10-4-3-5-11-23)31-29(34)24-12-6-7-13-24/h3-5,8-11,14,24-26,28H,6-7,12-13,15-20H2,1-2H3,(H,31,34)/t25?,26?,28-/m0/s1. The normalized spacial score (nSPS) is 23.4. The van der Waals surface area contributed by atoms with Gasteiger partial charge in [-0.2, -0.15) is 0 Å². The molecule has 3 aliphatic rings. The highest BCUT2D eigenvalue weighted by Gasteiger charge is 2.42. The fraction of sp³-hybridized carbons (Fsp3) is 0.533. The van der Waals surface area contributed by atoms with Gasteiger partial charge >= 0.3 is 0 Å².